The Labute approximate surface area is 202 Å². The standard InChI is InChI=1S/C22H25N3O4S2.BrH/c26-14-4-11-25-21(17-30-22(25)23-19-5-2-1-3-6-19)18-7-9-20(10-8-18)31(27,28)24-12-15-29-16-13-24;/h1-3,5-10,17,26H,4,11-16H2;1H. The normalized spacial score (nSPS) is 15.5. The van der Waals surface area contributed by atoms with Crippen LogP contribution in [0.15, 0.2) is 69.9 Å². The van der Waals surface area contributed by atoms with Gasteiger partial charge in [0.25, 0.3) is 0 Å². The van der Waals surface area contributed by atoms with E-state index < -0.39 is 10.0 Å². The van der Waals surface area contributed by atoms with Crippen molar-refractivity contribution in [1.82, 2.24) is 8.87 Å². The summed E-state index contributed by atoms with van der Waals surface area (Å²) in [6.45, 7) is 2.30. The van der Waals surface area contributed by atoms with Gasteiger partial charge in [-0.05, 0) is 36.2 Å². The molecule has 0 saturated carbocycles. The number of halogens is 1. The van der Waals surface area contributed by atoms with E-state index in [9.17, 15) is 13.5 Å². The van der Waals surface area contributed by atoms with Crippen molar-refractivity contribution in [3.05, 3.63) is 64.8 Å². The highest BCUT2D eigenvalue weighted by Crippen LogP contribution is 2.25. The molecule has 1 N–H and O–H groups in total. The van der Waals surface area contributed by atoms with Crippen LogP contribution in [0.1, 0.15) is 6.42 Å². The smallest absolute Gasteiger partial charge is 0.243 e. The van der Waals surface area contributed by atoms with E-state index in [4.69, 9.17) is 9.73 Å². The molecule has 1 fully saturated rings. The minimum atomic E-state index is -3.52. The molecule has 172 valence electrons. The molecule has 0 spiro atoms. The number of nitrogens with zero attached hydrogens (tertiary/aromatic N) is 3. The third-order valence-corrected chi connectivity index (χ3v) is 7.85. The lowest BCUT2D eigenvalue weighted by Gasteiger charge is -2.26. The minimum absolute atomic E-state index is 0. The fraction of sp³-hybridized carbons (Fsp3) is 0.318. The number of benzene rings is 2. The number of para-hydroxylation sites is 1. The van der Waals surface area contributed by atoms with E-state index in [0.717, 1.165) is 21.7 Å². The summed E-state index contributed by atoms with van der Waals surface area (Å²) in [5, 5.41) is 11.4. The Morgan fingerprint density at radius 3 is 2.38 bits per heavy atom. The van der Waals surface area contributed by atoms with E-state index >= 15 is 0 Å². The van der Waals surface area contributed by atoms with Gasteiger partial charge in [-0.1, -0.05) is 30.3 Å². The lowest BCUT2D eigenvalue weighted by molar-refractivity contribution is 0.0730. The molecule has 2 heterocycles. The molecule has 0 radical (unpaired) electrons. The Bertz CT molecular complexity index is 1170. The van der Waals surface area contributed by atoms with Crippen molar-refractivity contribution in [3.8, 4) is 11.3 Å². The molecule has 1 aromatic heterocycles. The van der Waals surface area contributed by atoms with Crippen LogP contribution < -0.4 is 4.80 Å². The van der Waals surface area contributed by atoms with Crippen LogP contribution in [0.25, 0.3) is 11.3 Å². The molecule has 10 heteroatoms. The number of rotatable bonds is 7. The summed E-state index contributed by atoms with van der Waals surface area (Å²) < 4.78 is 34.5. The predicted molar refractivity (Wildman–Crippen MR) is 131 cm³/mol. The Kier molecular flexibility index (Phi) is 8.80. The summed E-state index contributed by atoms with van der Waals surface area (Å²) in [5.41, 5.74) is 2.72. The zero-order valence-electron chi connectivity index (χ0n) is 17.5. The molecule has 32 heavy (non-hydrogen) atoms. The van der Waals surface area contributed by atoms with E-state index in [1.807, 2.05) is 47.8 Å². The van der Waals surface area contributed by atoms with Crippen molar-refractivity contribution >= 4 is 44.0 Å². The average molecular weight is 541 g/mol. The van der Waals surface area contributed by atoms with Gasteiger partial charge in [-0.3, -0.25) is 0 Å². The molecular formula is C22H26BrN3O4S2. The van der Waals surface area contributed by atoms with Crippen LogP contribution in [-0.4, -0.2) is 55.3 Å². The zero-order chi connectivity index (χ0) is 21.7. The molecule has 3 aromatic rings. The molecule has 2 aromatic carbocycles. The van der Waals surface area contributed by atoms with Gasteiger partial charge in [-0.2, -0.15) is 4.31 Å². The van der Waals surface area contributed by atoms with Crippen molar-refractivity contribution in [1.29, 1.82) is 0 Å². The lowest BCUT2D eigenvalue weighted by Crippen LogP contribution is -2.40. The monoisotopic (exact) mass is 539 g/mol. The second-order valence-corrected chi connectivity index (χ2v) is 9.89. The highest BCUT2D eigenvalue weighted by Gasteiger charge is 2.26. The maximum absolute atomic E-state index is 12.9. The lowest BCUT2D eigenvalue weighted by atomic mass is 10.2. The second kappa shape index (κ2) is 11.4. The maximum Gasteiger partial charge on any atom is 0.243 e. The zero-order valence-corrected chi connectivity index (χ0v) is 20.8. The summed E-state index contributed by atoms with van der Waals surface area (Å²) in [4.78, 5) is 5.86. The molecule has 0 aliphatic carbocycles. The molecule has 0 bridgehead atoms. The first-order valence-corrected chi connectivity index (χ1v) is 12.5. The van der Waals surface area contributed by atoms with Crippen molar-refractivity contribution in [2.75, 3.05) is 32.9 Å². The van der Waals surface area contributed by atoms with Crippen LogP contribution in [0.4, 0.5) is 5.69 Å². The van der Waals surface area contributed by atoms with Gasteiger partial charge >= 0.3 is 0 Å². The van der Waals surface area contributed by atoms with E-state index in [-0.39, 0.29) is 28.5 Å². The van der Waals surface area contributed by atoms with Crippen molar-refractivity contribution < 1.29 is 18.3 Å². The van der Waals surface area contributed by atoms with E-state index in [1.165, 1.54) is 15.6 Å². The summed E-state index contributed by atoms with van der Waals surface area (Å²) in [7, 11) is -3.52. The van der Waals surface area contributed by atoms with Crippen molar-refractivity contribution in [2.24, 2.45) is 4.99 Å². The largest absolute Gasteiger partial charge is 0.396 e. The summed E-state index contributed by atoms with van der Waals surface area (Å²) in [6, 6.07) is 16.7. The average Bonchev–Trinajstić information content (AvgIpc) is 3.21. The Hall–Kier alpha value is -1.82. The first kappa shape index (κ1) is 24.8. The van der Waals surface area contributed by atoms with Gasteiger partial charge < -0.3 is 14.4 Å². The SMILES string of the molecule is Br.O=S(=O)(c1ccc(-c2csc(=Nc3ccccc3)n2CCCO)cc1)N1CCOCC1. The van der Waals surface area contributed by atoms with Crippen LogP contribution in [0, 0.1) is 0 Å². The van der Waals surface area contributed by atoms with Gasteiger partial charge in [-0.15, -0.1) is 28.3 Å². The number of hydrogen-bond donors (Lipinski definition) is 1. The van der Waals surface area contributed by atoms with Gasteiger partial charge in [-0.25, -0.2) is 13.4 Å². The first-order valence-electron chi connectivity index (χ1n) is 10.2. The quantitative estimate of drug-likeness (QED) is 0.498. The number of hydrogen-bond acceptors (Lipinski definition) is 6. The molecule has 1 saturated heterocycles. The third-order valence-electron chi connectivity index (χ3n) is 5.08. The van der Waals surface area contributed by atoms with Crippen molar-refractivity contribution in [3.63, 3.8) is 0 Å². The Morgan fingerprint density at radius 1 is 1.03 bits per heavy atom. The molecular weight excluding hydrogens is 514 g/mol. The number of ether oxygens (including phenoxy) is 1. The van der Waals surface area contributed by atoms with E-state index in [2.05, 4.69) is 4.57 Å². The highest BCUT2D eigenvalue weighted by atomic mass is 79.9. The van der Waals surface area contributed by atoms with Gasteiger partial charge in [0, 0.05) is 31.6 Å². The fourth-order valence-electron chi connectivity index (χ4n) is 3.44. The number of aliphatic hydroxyl groups is 1. The summed E-state index contributed by atoms with van der Waals surface area (Å²) in [6.07, 6.45) is 0.606. The van der Waals surface area contributed by atoms with Crippen LogP contribution in [0.2, 0.25) is 0 Å². The van der Waals surface area contributed by atoms with Crippen LogP contribution >= 0.6 is 28.3 Å². The molecule has 0 atom stereocenters. The van der Waals surface area contributed by atoms with Crippen LogP contribution in [0.3, 0.4) is 0 Å². The minimum Gasteiger partial charge on any atom is -0.396 e. The van der Waals surface area contributed by atoms with Gasteiger partial charge in [0.1, 0.15) is 0 Å². The number of thiazole rings is 1. The number of aliphatic hydroxyl groups excluding tert-OH is 1. The molecule has 7 nitrogen and oxygen atoms in total. The van der Waals surface area contributed by atoms with Gasteiger partial charge in [0.05, 0.1) is 29.5 Å². The molecule has 1 aliphatic rings. The molecule has 1 aliphatic heterocycles. The number of aromatic nitrogens is 1. The number of morpholine rings is 1. The number of sulfonamides is 1. The molecule has 4 rings (SSSR count). The molecule has 0 unspecified atom stereocenters. The topological polar surface area (TPSA) is 84.1 Å². The van der Waals surface area contributed by atoms with Crippen molar-refractivity contribution in [2.45, 2.75) is 17.9 Å². The highest BCUT2D eigenvalue weighted by molar-refractivity contribution is 8.93. The molecule has 0 amide bonds. The van der Waals surface area contributed by atoms with Crippen LogP contribution in [0.5, 0.6) is 0 Å². The van der Waals surface area contributed by atoms with Crippen LogP contribution in [-0.2, 0) is 21.3 Å². The Balaban J connectivity index is 0.00000289. The summed E-state index contributed by atoms with van der Waals surface area (Å²) in [5.74, 6) is 0. The van der Waals surface area contributed by atoms with Gasteiger partial charge in [0.2, 0.25) is 10.0 Å². The second-order valence-electron chi connectivity index (χ2n) is 7.12. The van der Waals surface area contributed by atoms with Gasteiger partial charge in [0.15, 0.2) is 4.80 Å². The first-order chi connectivity index (χ1) is 15.1. The maximum atomic E-state index is 12.9. The van der Waals surface area contributed by atoms with E-state index in [0.29, 0.717) is 39.3 Å². The van der Waals surface area contributed by atoms with E-state index in [1.54, 1.807) is 12.1 Å². The summed E-state index contributed by atoms with van der Waals surface area (Å²) >= 11 is 1.52. The third kappa shape index (κ3) is 5.56. The Morgan fingerprint density at radius 2 is 1.72 bits per heavy atom. The predicted octanol–water partition coefficient (Wildman–Crippen LogP) is 3.43. The fourth-order valence-corrected chi connectivity index (χ4v) is 5.80.